The molecule has 0 unspecified atom stereocenters. The van der Waals surface area contributed by atoms with Crippen LogP contribution in [-0.4, -0.2) is 68.3 Å². The number of hydrogen-bond acceptors (Lipinski definition) is 3. The Labute approximate surface area is 114 Å². The molecular formula is C13H26F3N3. The maximum atomic E-state index is 12.2. The molecule has 0 aromatic carbocycles. The fourth-order valence-electron chi connectivity index (χ4n) is 2.31. The van der Waals surface area contributed by atoms with Gasteiger partial charge in [0.2, 0.25) is 0 Å². The number of nitrogens with zero attached hydrogens (tertiary/aromatic N) is 2. The van der Waals surface area contributed by atoms with Gasteiger partial charge in [0.25, 0.3) is 0 Å². The zero-order chi connectivity index (χ0) is 14.1. The van der Waals surface area contributed by atoms with Crippen molar-refractivity contribution in [2.75, 3.05) is 52.4 Å². The van der Waals surface area contributed by atoms with Crippen LogP contribution in [0.5, 0.6) is 0 Å². The maximum absolute atomic E-state index is 12.2. The van der Waals surface area contributed by atoms with Crippen molar-refractivity contribution in [2.24, 2.45) is 0 Å². The van der Waals surface area contributed by atoms with E-state index >= 15 is 0 Å². The van der Waals surface area contributed by atoms with Gasteiger partial charge >= 0.3 is 6.18 Å². The SMILES string of the molecule is CCCNCCCCN1CCN(CC(F)(F)F)CC1. The van der Waals surface area contributed by atoms with Crippen LogP contribution in [0.4, 0.5) is 13.2 Å². The monoisotopic (exact) mass is 281 g/mol. The molecule has 0 aliphatic carbocycles. The first-order valence-corrected chi connectivity index (χ1v) is 7.23. The molecule has 114 valence electrons. The summed E-state index contributed by atoms with van der Waals surface area (Å²) in [4.78, 5) is 3.77. The summed E-state index contributed by atoms with van der Waals surface area (Å²) in [6.07, 6.45) is -0.646. The summed E-state index contributed by atoms with van der Waals surface area (Å²) in [6, 6.07) is 0. The Morgan fingerprint density at radius 2 is 1.58 bits per heavy atom. The summed E-state index contributed by atoms with van der Waals surface area (Å²) in [7, 11) is 0. The lowest BCUT2D eigenvalue weighted by Crippen LogP contribution is -2.49. The number of hydrogen-bond donors (Lipinski definition) is 1. The van der Waals surface area contributed by atoms with E-state index in [0.717, 1.165) is 52.0 Å². The van der Waals surface area contributed by atoms with E-state index in [1.54, 1.807) is 0 Å². The highest BCUT2D eigenvalue weighted by molar-refractivity contribution is 4.73. The molecule has 0 amide bonds. The fourth-order valence-corrected chi connectivity index (χ4v) is 2.31. The number of alkyl halides is 3. The second-order valence-corrected chi connectivity index (χ2v) is 5.19. The van der Waals surface area contributed by atoms with Crippen LogP contribution in [0.3, 0.4) is 0 Å². The average molecular weight is 281 g/mol. The van der Waals surface area contributed by atoms with Gasteiger partial charge in [-0.2, -0.15) is 13.2 Å². The molecule has 1 saturated heterocycles. The highest BCUT2D eigenvalue weighted by atomic mass is 19.4. The highest BCUT2D eigenvalue weighted by Gasteiger charge is 2.31. The van der Waals surface area contributed by atoms with Crippen LogP contribution in [0.25, 0.3) is 0 Å². The standard InChI is InChI=1S/C13H26F3N3/c1-2-5-17-6-3-4-7-18-8-10-19(11-9-18)12-13(14,15)16/h17H,2-12H2,1H3. The summed E-state index contributed by atoms with van der Waals surface area (Å²) in [5, 5.41) is 3.35. The first-order valence-electron chi connectivity index (χ1n) is 7.23. The number of halogens is 3. The molecule has 1 fully saturated rings. The van der Waals surface area contributed by atoms with Crippen LogP contribution >= 0.6 is 0 Å². The summed E-state index contributed by atoms with van der Waals surface area (Å²) < 4.78 is 36.7. The summed E-state index contributed by atoms with van der Waals surface area (Å²) in [5.74, 6) is 0. The van der Waals surface area contributed by atoms with Crippen LogP contribution in [0.2, 0.25) is 0 Å². The van der Waals surface area contributed by atoms with Gasteiger partial charge in [-0.1, -0.05) is 6.92 Å². The molecule has 6 heteroatoms. The van der Waals surface area contributed by atoms with E-state index in [1.807, 2.05) is 0 Å². The van der Waals surface area contributed by atoms with Crippen molar-refractivity contribution in [1.82, 2.24) is 15.1 Å². The van der Waals surface area contributed by atoms with Crippen molar-refractivity contribution in [2.45, 2.75) is 32.4 Å². The van der Waals surface area contributed by atoms with Gasteiger partial charge in [0.1, 0.15) is 0 Å². The van der Waals surface area contributed by atoms with Crippen molar-refractivity contribution in [1.29, 1.82) is 0 Å². The first-order chi connectivity index (χ1) is 9.01. The lowest BCUT2D eigenvalue weighted by atomic mass is 10.2. The number of unbranched alkanes of at least 4 members (excludes halogenated alkanes) is 1. The highest BCUT2D eigenvalue weighted by Crippen LogP contribution is 2.17. The predicted molar refractivity (Wildman–Crippen MR) is 71.3 cm³/mol. The second-order valence-electron chi connectivity index (χ2n) is 5.19. The molecule has 0 saturated carbocycles. The quantitative estimate of drug-likeness (QED) is 0.686. The van der Waals surface area contributed by atoms with Crippen molar-refractivity contribution in [3.63, 3.8) is 0 Å². The lowest BCUT2D eigenvalue weighted by molar-refractivity contribution is -0.149. The number of rotatable bonds is 8. The van der Waals surface area contributed by atoms with Gasteiger partial charge in [0, 0.05) is 26.2 Å². The number of nitrogens with one attached hydrogen (secondary N) is 1. The van der Waals surface area contributed by atoms with E-state index in [-0.39, 0.29) is 0 Å². The van der Waals surface area contributed by atoms with Gasteiger partial charge < -0.3 is 10.2 Å². The van der Waals surface area contributed by atoms with Crippen molar-refractivity contribution in [3.8, 4) is 0 Å². The fraction of sp³-hybridized carbons (Fsp3) is 1.00. The molecule has 0 atom stereocenters. The zero-order valence-electron chi connectivity index (χ0n) is 11.8. The Kier molecular flexibility index (Phi) is 7.71. The Morgan fingerprint density at radius 1 is 0.947 bits per heavy atom. The first kappa shape index (κ1) is 16.7. The molecule has 0 radical (unpaired) electrons. The molecule has 19 heavy (non-hydrogen) atoms. The van der Waals surface area contributed by atoms with E-state index in [1.165, 1.54) is 4.90 Å². The summed E-state index contributed by atoms with van der Waals surface area (Å²) >= 11 is 0. The lowest BCUT2D eigenvalue weighted by Gasteiger charge is -2.34. The van der Waals surface area contributed by atoms with Gasteiger partial charge in [0.15, 0.2) is 0 Å². The third kappa shape index (κ3) is 8.44. The van der Waals surface area contributed by atoms with E-state index in [2.05, 4.69) is 17.1 Å². The number of piperazine rings is 1. The van der Waals surface area contributed by atoms with Crippen molar-refractivity contribution >= 4 is 0 Å². The smallest absolute Gasteiger partial charge is 0.317 e. The van der Waals surface area contributed by atoms with Crippen LogP contribution in [-0.2, 0) is 0 Å². The van der Waals surface area contributed by atoms with E-state index < -0.39 is 12.7 Å². The molecule has 1 aliphatic rings. The molecule has 1 aliphatic heterocycles. The Morgan fingerprint density at radius 3 is 2.16 bits per heavy atom. The van der Waals surface area contributed by atoms with Gasteiger partial charge in [-0.15, -0.1) is 0 Å². The molecular weight excluding hydrogens is 255 g/mol. The van der Waals surface area contributed by atoms with Gasteiger partial charge in [-0.05, 0) is 38.9 Å². The maximum Gasteiger partial charge on any atom is 0.401 e. The zero-order valence-corrected chi connectivity index (χ0v) is 11.8. The third-order valence-corrected chi connectivity index (χ3v) is 3.37. The Hall–Kier alpha value is -0.330. The van der Waals surface area contributed by atoms with Crippen LogP contribution in [0.1, 0.15) is 26.2 Å². The molecule has 0 aromatic rings. The normalized spacial score (nSPS) is 18.9. The largest absolute Gasteiger partial charge is 0.401 e. The predicted octanol–water partition coefficient (Wildman–Crippen LogP) is 1.95. The Bertz CT molecular complexity index is 226. The minimum atomic E-state index is -4.06. The van der Waals surface area contributed by atoms with E-state index in [9.17, 15) is 13.2 Å². The van der Waals surface area contributed by atoms with Gasteiger partial charge in [-0.25, -0.2) is 0 Å². The molecule has 3 nitrogen and oxygen atoms in total. The summed E-state index contributed by atoms with van der Waals surface area (Å²) in [5.41, 5.74) is 0. The summed E-state index contributed by atoms with van der Waals surface area (Å²) in [6.45, 7) is 7.10. The molecule has 1 N–H and O–H groups in total. The van der Waals surface area contributed by atoms with Gasteiger partial charge in [-0.3, -0.25) is 4.90 Å². The van der Waals surface area contributed by atoms with Crippen LogP contribution in [0, 0.1) is 0 Å². The van der Waals surface area contributed by atoms with E-state index in [0.29, 0.717) is 13.1 Å². The third-order valence-electron chi connectivity index (χ3n) is 3.37. The second kappa shape index (κ2) is 8.76. The molecule has 0 bridgehead atoms. The van der Waals surface area contributed by atoms with Crippen LogP contribution in [0.15, 0.2) is 0 Å². The van der Waals surface area contributed by atoms with Crippen molar-refractivity contribution in [3.05, 3.63) is 0 Å². The van der Waals surface area contributed by atoms with Crippen molar-refractivity contribution < 1.29 is 13.2 Å². The molecule has 0 aromatic heterocycles. The minimum absolute atomic E-state index is 0.535. The van der Waals surface area contributed by atoms with Crippen LogP contribution < -0.4 is 5.32 Å². The molecule has 1 rings (SSSR count). The van der Waals surface area contributed by atoms with E-state index in [4.69, 9.17) is 0 Å². The molecule has 0 spiro atoms. The minimum Gasteiger partial charge on any atom is -0.317 e. The molecule has 1 heterocycles. The topological polar surface area (TPSA) is 18.5 Å². The van der Waals surface area contributed by atoms with Gasteiger partial charge in [0.05, 0.1) is 6.54 Å². The Balaban J connectivity index is 2.01. The average Bonchev–Trinajstić information content (AvgIpc) is 2.34.